The lowest BCUT2D eigenvalue weighted by atomic mass is 9.84. The molecule has 1 aromatic rings. The third kappa shape index (κ3) is 2.81. The topological polar surface area (TPSA) is 29.1 Å². The molecular weight excluding hydrogens is 234 g/mol. The van der Waals surface area contributed by atoms with Crippen molar-refractivity contribution < 1.29 is 4.79 Å². The highest BCUT2D eigenvalue weighted by atomic mass is 16.2. The van der Waals surface area contributed by atoms with E-state index in [0.29, 0.717) is 0 Å². The minimum absolute atomic E-state index is 0.0434. The zero-order valence-corrected chi connectivity index (χ0v) is 12.1. The average Bonchev–Trinajstić information content (AvgIpc) is 2.64. The molecule has 19 heavy (non-hydrogen) atoms. The van der Waals surface area contributed by atoms with Gasteiger partial charge in [-0.2, -0.15) is 0 Å². The summed E-state index contributed by atoms with van der Waals surface area (Å²) in [5.41, 5.74) is 3.48. The van der Waals surface area contributed by atoms with E-state index in [-0.39, 0.29) is 17.2 Å². The second-order valence-corrected chi connectivity index (χ2v) is 6.06. The smallest absolute Gasteiger partial charge is 0.232 e. The lowest BCUT2D eigenvalue weighted by molar-refractivity contribution is -0.117. The molecular formula is C17H21NO. The van der Waals surface area contributed by atoms with Crippen LogP contribution in [0.15, 0.2) is 18.2 Å². The van der Waals surface area contributed by atoms with Crippen LogP contribution in [0.3, 0.4) is 0 Å². The van der Waals surface area contributed by atoms with Gasteiger partial charge in [-0.15, -0.1) is 11.8 Å². The predicted octanol–water partition coefficient (Wildman–Crippen LogP) is 3.82. The number of nitrogens with one attached hydrogen (secondary N) is 1. The molecule has 1 amide bonds. The van der Waals surface area contributed by atoms with Gasteiger partial charge in [0.15, 0.2) is 0 Å². The van der Waals surface area contributed by atoms with Gasteiger partial charge >= 0.3 is 0 Å². The minimum atomic E-state index is -0.0434. The summed E-state index contributed by atoms with van der Waals surface area (Å²) in [5, 5.41) is 2.97. The van der Waals surface area contributed by atoms with Gasteiger partial charge in [-0.05, 0) is 36.0 Å². The summed E-state index contributed by atoms with van der Waals surface area (Å²) in [4.78, 5) is 12.0. The molecule has 100 valence electrons. The van der Waals surface area contributed by atoms with Gasteiger partial charge < -0.3 is 5.32 Å². The summed E-state index contributed by atoms with van der Waals surface area (Å²) < 4.78 is 0. The van der Waals surface area contributed by atoms with Crippen LogP contribution < -0.4 is 5.32 Å². The summed E-state index contributed by atoms with van der Waals surface area (Å²) >= 11 is 0. The SMILES string of the molecule is CC#CCCC1C(=O)Nc2ccc(C(C)(C)C)cc21. The molecule has 0 radical (unpaired) electrons. The van der Waals surface area contributed by atoms with Gasteiger partial charge in [-0.3, -0.25) is 4.79 Å². The van der Waals surface area contributed by atoms with Crippen molar-refractivity contribution in [1.29, 1.82) is 0 Å². The number of anilines is 1. The molecule has 0 saturated carbocycles. The fourth-order valence-corrected chi connectivity index (χ4v) is 2.42. The molecule has 0 aromatic heterocycles. The third-order valence-corrected chi connectivity index (χ3v) is 3.60. The summed E-state index contributed by atoms with van der Waals surface area (Å²) in [6.07, 6.45) is 1.57. The van der Waals surface area contributed by atoms with Crippen LogP contribution in [0.2, 0.25) is 0 Å². The second kappa shape index (κ2) is 5.09. The maximum absolute atomic E-state index is 12.0. The highest BCUT2D eigenvalue weighted by molar-refractivity contribution is 6.02. The fraction of sp³-hybridized carbons (Fsp3) is 0.471. The summed E-state index contributed by atoms with van der Waals surface area (Å²) in [6.45, 7) is 8.41. The number of fused-ring (bicyclic) bond motifs is 1. The number of benzene rings is 1. The Morgan fingerprint density at radius 1 is 1.32 bits per heavy atom. The predicted molar refractivity (Wildman–Crippen MR) is 79.2 cm³/mol. The van der Waals surface area contributed by atoms with Crippen LogP contribution >= 0.6 is 0 Å². The molecule has 1 unspecified atom stereocenters. The molecule has 2 heteroatoms. The Morgan fingerprint density at radius 3 is 2.68 bits per heavy atom. The van der Waals surface area contributed by atoms with E-state index >= 15 is 0 Å². The van der Waals surface area contributed by atoms with E-state index < -0.39 is 0 Å². The van der Waals surface area contributed by atoms with Crippen molar-refractivity contribution in [2.45, 2.75) is 51.9 Å². The van der Waals surface area contributed by atoms with Crippen LogP contribution in [0.4, 0.5) is 5.69 Å². The first-order valence-electron chi connectivity index (χ1n) is 6.78. The number of carbonyl (C=O) groups is 1. The maximum Gasteiger partial charge on any atom is 0.232 e. The van der Waals surface area contributed by atoms with Crippen LogP contribution in [0.1, 0.15) is 57.6 Å². The Balaban J connectivity index is 2.31. The molecule has 1 heterocycles. The fourth-order valence-electron chi connectivity index (χ4n) is 2.42. The maximum atomic E-state index is 12.0. The molecule has 0 saturated heterocycles. The average molecular weight is 255 g/mol. The standard InChI is InChI=1S/C17H21NO/c1-5-6-7-8-13-14-11-12(17(2,3)4)9-10-15(14)18-16(13)19/h9-11,13H,7-8H2,1-4H3,(H,18,19). The Kier molecular flexibility index (Phi) is 3.66. The van der Waals surface area contributed by atoms with Crippen LogP contribution in [0.25, 0.3) is 0 Å². The van der Waals surface area contributed by atoms with Gasteiger partial charge in [0, 0.05) is 12.1 Å². The van der Waals surface area contributed by atoms with Crippen molar-refractivity contribution in [2.24, 2.45) is 0 Å². The van der Waals surface area contributed by atoms with Crippen LogP contribution in [0, 0.1) is 11.8 Å². The Hall–Kier alpha value is -1.75. The highest BCUT2D eigenvalue weighted by Crippen LogP contribution is 2.38. The minimum Gasteiger partial charge on any atom is -0.325 e. The number of hydrogen-bond acceptors (Lipinski definition) is 1. The number of rotatable bonds is 2. The van der Waals surface area contributed by atoms with E-state index in [2.05, 4.69) is 50.1 Å². The molecule has 0 spiro atoms. The van der Waals surface area contributed by atoms with E-state index in [4.69, 9.17) is 0 Å². The first-order valence-corrected chi connectivity index (χ1v) is 6.78. The summed E-state index contributed by atoms with van der Waals surface area (Å²) in [7, 11) is 0. The van der Waals surface area contributed by atoms with Crippen molar-refractivity contribution in [3.05, 3.63) is 29.3 Å². The van der Waals surface area contributed by atoms with Gasteiger partial charge in [-0.25, -0.2) is 0 Å². The molecule has 1 atom stereocenters. The summed E-state index contributed by atoms with van der Waals surface area (Å²) in [6, 6.07) is 6.31. The summed E-state index contributed by atoms with van der Waals surface area (Å²) in [5.74, 6) is 5.99. The van der Waals surface area contributed by atoms with E-state index in [1.54, 1.807) is 0 Å². The molecule has 2 rings (SSSR count). The van der Waals surface area contributed by atoms with Crippen LogP contribution in [-0.2, 0) is 10.2 Å². The lowest BCUT2D eigenvalue weighted by Crippen LogP contribution is -2.13. The quantitative estimate of drug-likeness (QED) is 0.800. The second-order valence-electron chi connectivity index (χ2n) is 6.06. The molecule has 0 fully saturated rings. The zero-order valence-electron chi connectivity index (χ0n) is 12.1. The van der Waals surface area contributed by atoms with Gasteiger partial charge in [0.1, 0.15) is 0 Å². The van der Waals surface area contributed by atoms with Gasteiger partial charge in [0.05, 0.1) is 5.92 Å². The van der Waals surface area contributed by atoms with Crippen LogP contribution in [-0.4, -0.2) is 5.91 Å². The van der Waals surface area contributed by atoms with E-state index in [1.165, 1.54) is 5.56 Å². The first kappa shape index (κ1) is 13.7. The molecule has 1 aliphatic heterocycles. The van der Waals surface area contributed by atoms with Crippen molar-refractivity contribution in [3.63, 3.8) is 0 Å². The van der Waals surface area contributed by atoms with E-state index in [1.807, 2.05) is 13.0 Å². The zero-order chi connectivity index (χ0) is 14.0. The highest BCUT2D eigenvalue weighted by Gasteiger charge is 2.31. The normalized spacial score (nSPS) is 17.5. The van der Waals surface area contributed by atoms with Crippen LogP contribution in [0.5, 0.6) is 0 Å². The molecule has 1 aliphatic rings. The van der Waals surface area contributed by atoms with E-state index in [0.717, 1.165) is 24.1 Å². The number of hydrogen-bond donors (Lipinski definition) is 1. The molecule has 1 aromatic carbocycles. The van der Waals surface area contributed by atoms with Gasteiger partial charge in [-0.1, -0.05) is 32.9 Å². The van der Waals surface area contributed by atoms with Gasteiger partial charge in [0.25, 0.3) is 0 Å². The molecule has 0 bridgehead atoms. The Morgan fingerprint density at radius 2 is 2.05 bits per heavy atom. The lowest BCUT2D eigenvalue weighted by Gasteiger charge is -2.20. The van der Waals surface area contributed by atoms with E-state index in [9.17, 15) is 4.79 Å². The van der Waals surface area contributed by atoms with Crippen molar-refractivity contribution in [2.75, 3.05) is 5.32 Å². The number of amides is 1. The van der Waals surface area contributed by atoms with Gasteiger partial charge in [0.2, 0.25) is 5.91 Å². The Labute approximate surface area is 115 Å². The molecule has 2 nitrogen and oxygen atoms in total. The first-order chi connectivity index (χ1) is 8.93. The van der Waals surface area contributed by atoms with Crippen molar-refractivity contribution >= 4 is 11.6 Å². The molecule has 1 N–H and O–H groups in total. The monoisotopic (exact) mass is 255 g/mol. The third-order valence-electron chi connectivity index (χ3n) is 3.60. The number of carbonyl (C=O) groups excluding carboxylic acids is 1. The Bertz CT molecular complexity index is 555. The van der Waals surface area contributed by atoms with Crippen molar-refractivity contribution in [1.82, 2.24) is 0 Å². The van der Waals surface area contributed by atoms with Crippen molar-refractivity contribution in [3.8, 4) is 11.8 Å². The molecule has 0 aliphatic carbocycles. The largest absolute Gasteiger partial charge is 0.325 e.